The van der Waals surface area contributed by atoms with Gasteiger partial charge in [-0.1, -0.05) is 37.1 Å². The van der Waals surface area contributed by atoms with E-state index < -0.39 is 0 Å². The Kier molecular flexibility index (Phi) is 3.58. The third-order valence-corrected chi connectivity index (χ3v) is 3.81. The zero-order valence-corrected chi connectivity index (χ0v) is 10.4. The van der Waals surface area contributed by atoms with E-state index in [-0.39, 0.29) is 0 Å². The quantitative estimate of drug-likeness (QED) is 0.555. The van der Waals surface area contributed by atoms with Crippen LogP contribution in [0.15, 0.2) is 23.3 Å². The lowest BCUT2D eigenvalue weighted by molar-refractivity contribution is 0.236. The van der Waals surface area contributed by atoms with Crippen LogP contribution in [0.4, 0.5) is 0 Å². The molecule has 0 radical (unpaired) electrons. The molecule has 0 aromatic heterocycles. The summed E-state index contributed by atoms with van der Waals surface area (Å²) in [6.45, 7) is 11.5. The maximum Gasteiger partial charge on any atom is -0.0116 e. The average Bonchev–Trinajstić information content (AvgIpc) is 2.07. The van der Waals surface area contributed by atoms with Crippen LogP contribution in [0.3, 0.4) is 0 Å². The van der Waals surface area contributed by atoms with Gasteiger partial charge in [0, 0.05) is 0 Å². The summed E-state index contributed by atoms with van der Waals surface area (Å²) in [6.07, 6.45) is 8.69. The van der Waals surface area contributed by atoms with Gasteiger partial charge in [-0.2, -0.15) is 0 Å². The molecule has 0 amide bonds. The Morgan fingerprint density at radius 3 is 2.71 bits per heavy atom. The maximum atomic E-state index is 2.42. The Bertz CT molecular complexity index is 249. The van der Waals surface area contributed by atoms with E-state index in [1.807, 2.05) is 0 Å². The Morgan fingerprint density at radius 1 is 1.50 bits per heavy atom. The van der Waals surface area contributed by atoms with Gasteiger partial charge in [0.15, 0.2) is 0 Å². The van der Waals surface area contributed by atoms with Gasteiger partial charge in [-0.3, -0.25) is 0 Å². The Labute approximate surface area is 89.1 Å². The summed E-state index contributed by atoms with van der Waals surface area (Å²) in [7, 11) is 0. The van der Waals surface area contributed by atoms with Crippen LogP contribution in [0, 0.1) is 11.3 Å². The first kappa shape index (κ1) is 11.6. The van der Waals surface area contributed by atoms with Gasteiger partial charge in [0.1, 0.15) is 0 Å². The minimum Gasteiger partial charge on any atom is -0.0856 e. The molecule has 0 fully saturated rings. The zero-order chi connectivity index (χ0) is 10.8. The molecule has 1 aliphatic carbocycles. The molecule has 1 aliphatic rings. The van der Waals surface area contributed by atoms with Crippen LogP contribution in [0.1, 0.15) is 53.9 Å². The van der Waals surface area contributed by atoms with Crippen LogP contribution in [-0.4, -0.2) is 0 Å². The molecule has 0 aliphatic heterocycles. The van der Waals surface area contributed by atoms with Crippen molar-refractivity contribution in [1.82, 2.24) is 0 Å². The summed E-state index contributed by atoms with van der Waals surface area (Å²) >= 11 is 0. The molecule has 0 N–H and O–H groups in total. The van der Waals surface area contributed by atoms with E-state index in [0.29, 0.717) is 5.41 Å². The lowest BCUT2D eigenvalue weighted by atomic mass is 9.67. The summed E-state index contributed by atoms with van der Waals surface area (Å²) in [5.74, 6) is 0.836. The van der Waals surface area contributed by atoms with Gasteiger partial charge in [-0.05, 0) is 51.4 Å². The highest BCUT2D eigenvalue weighted by molar-refractivity contribution is 5.15. The van der Waals surface area contributed by atoms with Crippen molar-refractivity contribution in [2.45, 2.75) is 53.9 Å². The third-order valence-electron chi connectivity index (χ3n) is 3.81. The average molecular weight is 192 g/mol. The summed E-state index contributed by atoms with van der Waals surface area (Å²) in [4.78, 5) is 0. The van der Waals surface area contributed by atoms with Crippen molar-refractivity contribution >= 4 is 0 Å². The van der Waals surface area contributed by atoms with Crippen molar-refractivity contribution in [3.63, 3.8) is 0 Å². The predicted molar refractivity (Wildman–Crippen MR) is 64.3 cm³/mol. The maximum absolute atomic E-state index is 2.42. The fraction of sp³-hybridized carbons (Fsp3) is 0.714. The predicted octanol–water partition coefficient (Wildman–Crippen LogP) is 4.73. The molecule has 0 heteroatoms. The van der Waals surface area contributed by atoms with Crippen LogP contribution < -0.4 is 0 Å². The van der Waals surface area contributed by atoms with Gasteiger partial charge >= 0.3 is 0 Å². The van der Waals surface area contributed by atoms with E-state index in [0.717, 1.165) is 5.92 Å². The second-order valence-corrected chi connectivity index (χ2v) is 5.40. The van der Waals surface area contributed by atoms with Crippen molar-refractivity contribution in [3.8, 4) is 0 Å². The molecule has 0 aromatic carbocycles. The highest BCUT2D eigenvalue weighted by Gasteiger charge is 2.31. The van der Waals surface area contributed by atoms with Crippen LogP contribution in [0.25, 0.3) is 0 Å². The number of hydrogen-bond acceptors (Lipinski definition) is 0. The smallest absolute Gasteiger partial charge is 0.0116 e. The van der Waals surface area contributed by atoms with Crippen LogP contribution in [-0.2, 0) is 0 Å². The largest absolute Gasteiger partial charge is 0.0856 e. The molecule has 0 aromatic rings. The summed E-state index contributed by atoms with van der Waals surface area (Å²) in [5, 5.41) is 0. The van der Waals surface area contributed by atoms with Gasteiger partial charge in [-0.25, -0.2) is 0 Å². The summed E-state index contributed by atoms with van der Waals surface area (Å²) in [6, 6.07) is 0. The monoisotopic (exact) mass is 192 g/mol. The first-order valence-corrected chi connectivity index (χ1v) is 5.75. The highest BCUT2D eigenvalue weighted by Crippen LogP contribution is 2.43. The molecule has 0 saturated carbocycles. The molecule has 1 unspecified atom stereocenters. The lowest BCUT2D eigenvalue weighted by Gasteiger charge is -2.38. The molecule has 0 heterocycles. The molecule has 0 nitrogen and oxygen atoms in total. The number of allylic oxidation sites excluding steroid dienone is 4. The highest BCUT2D eigenvalue weighted by atomic mass is 14.4. The Morgan fingerprint density at radius 2 is 2.14 bits per heavy atom. The van der Waals surface area contributed by atoms with E-state index >= 15 is 0 Å². The molecular weight excluding hydrogens is 168 g/mol. The van der Waals surface area contributed by atoms with Crippen molar-refractivity contribution in [2.24, 2.45) is 11.3 Å². The fourth-order valence-corrected chi connectivity index (χ4v) is 2.24. The second kappa shape index (κ2) is 4.33. The van der Waals surface area contributed by atoms with Crippen LogP contribution in [0.5, 0.6) is 0 Å². The minimum atomic E-state index is 0.407. The third kappa shape index (κ3) is 2.50. The number of rotatable bonds is 2. The van der Waals surface area contributed by atoms with Crippen molar-refractivity contribution < 1.29 is 0 Å². The Hall–Kier alpha value is -0.520. The van der Waals surface area contributed by atoms with Crippen molar-refractivity contribution in [1.29, 1.82) is 0 Å². The van der Waals surface area contributed by atoms with E-state index in [1.54, 1.807) is 5.57 Å². The zero-order valence-electron chi connectivity index (χ0n) is 10.4. The van der Waals surface area contributed by atoms with Crippen molar-refractivity contribution in [3.05, 3.63) is 23.3 Å². The normalized spacial score (nSPS) is 25.5. The topological polar surface area (TPSA) is 0 Å². The molecule has 80 valence electrons. The molecule has 1 rings (SSSR count). The van der Waals surface area contributed by atoms with Gasteiger partial charge in [0.2, 0.25) is 0 Å². The molecular formula is C14H24. The molecule has 0 spiro atoms. The van der Waals surface area contributed by atoms with Gasteiger partial charge < -0.3 is 0 Å². The number of hydrogen-bond donors (Lipinski definition) is 0. The van der Waals surface area contributed by atoms with Gasteiger partial charge in [0.05, 0.1) is 0 Å². The summed E-state index contributed by atoms with van der Waals surface area (Å²) in [5.41, 5.74) is 3.44. The van der Waals surface area contributed by atoms with E-state index in [4.69, 9.17) is 0 Å². The standard InChI is InChI=1S/C14H24/c1-11(2)9-10-13-8-6-7-12(3)14(13,4)5/h7,9,13H,6,8,10H2,1-5H3. The minimum absolute atomic E-state index is 0.407. The lowest BCUT2D eigenvalue weighted by Crippen LogP contribution is -2.27. The molecule has 1 atom stereocenters. The summed E-state index contributed by atoms with van der Waals surface area (Å²) < 4.78 is 0. The van der Waals surface area contributed by atoms with Gasteiger partial charge in [-0.15, -0.1) is 0 Å². The molecule has 0 bridgehead atoms. The fourth-order valence-electron chi connectivity index (χ4n) is 2.24. The first-order valence-electron chi connectivity index (χ1n) is 5.75. The Balaban J connectivity index is 2.71. The SMILES string of the molecule is CC(C)=CCC1CCC=C(C)C1(C)C. The molecule has 14 heavy (non-hydrogen) atoms. The van der Waals surface area contributed by atoms with Crippen LogP contribution >= 0.6 is 0 Å². The van der Waals surface area contributed by atoms with Crippen molar-refractivity contribution in [2.75, 3.05) is 0 Å². The van der Waals surface area contributed by atoms with E-state index in [1.165, 1.54) is 24.8 Å². The first-order chi connectivity index (χ1) is 6.44. The van der Waals surface area contributed by atoms with Crippen LogP contribution in [0.2, 0.25) is 0 Å². The van der Waals surface area contributed by atoms with E-state index in [9.17, 15) is 0 Å². The molecule has 0 saturated heterocycles. The van der Waals surface area contributed by atoms with E-state index in [2.05, 4.69) is 46.8 Å². The van der Waals surface area contributed by atoms with Gasteiger partial charge in [0.25, 0.3) is 0 Å². The second-order valence-electron chi connectivity index (χ2n) is 5.40.